The van der Waals surface area contributed by atoms with E-state index in [-0.39, 0.29) is 10.8 Å². The number of anilines is 1. The molecule has 6 nitrogen and oxygen atoms in total. The molecule has 1 aliphatic heterocycles. The van der Waals surface area contributed by atoms with Crippen LogP contribution in [0.2, 0.25) is 0 Å². The largest absolute Gasteiger partial charge is 0.379 e. The number of thioether (sulfide) groups is 1. The van der Waals surface area contributed by atoms with Crippen LogP contribution in [0.1, 0.15) is 22.8 Å². The van der Waals surface area contributed by atoms with Crippen molar-refractivity contribution in [2.75, 3.05) is 37.4 Å². The third-order valence-electron chi connectivity index (χ3n) is 4.50. The second-order valence-electron chi connectivity index (χ2n) is 6.38. The van der Waals surface area contributed by atoms with Crippen molar-refractivity contribution in [1.29, 1.82) is 0 Å². The molecule has 0 aliphatic carbocycles. The second-order valence-corrected chi connectivity index (χ2v) is 9.62. The van der Waals surface area contributed by atoms with Crippen molar-refractivity contribution in [2.24, 2.45) is 0 Å². The quantitative estimate of drug-likeness (QED) is 0.725. The van der Waals surface area contributed by atoms with Gasteiger partial charge in [0.25, 0.3) is 5.91 Å². The van der Waals surface area contributed by atoms with Gasteiger partial charge in [-0.3, -0.25) is 4.79 Å². The molecule has 1 amide bonds. The summed E-state index contributed by atoms with van der Waals surface area (Å²) in [4.78, 5) is 14.0. The molecule has 0 aromatic heterocycles. The highest BCUT2D eigenvalue weighted by molar-refractivity contribution is 7.99. The van der Waals surface area contributed by atoms with Gasteiger partial charge in [-0.05, 0) is 42.5 Å². The van der Waals surface area contributed by atoms with Crippen molar-refractivity contribution in [3.05, 3.63) is 53.6 Å². The van der Waals surface area contributed by atoms with Crippen LogP contribution in [0.5, 0.6) is 0 Å². The van der Waals surface area contributed by atoms with Crippen LogP contribution >= 0.6 is 11.8 Å². The SMILES string of the molecule is CCSc1ccccc1NC(=O)c1cc(S(=O)(=O)N2CCOCC2)ccc1C. The summed E-state index contributed by atoms with van der Waals surface area (Å²) in [7, 11) is -3.66. The summed E-state index contributed by atoms with van der Waals surface area (Å²) in [6, 6.07) is 12.3. The van der Waals surface area contributed by atoms with E-state index in [1.54, 1.807) is 30.8 Å². The summed E-state index contributed by atoms with van der Waals surface area (Å²) in [6.45, 7) is 5.24. The summed E-state index contributed by atoms with van der Waals surface area (Å²) in [5, 5.41) is 2.92. The molecule has 1 N–H and O–H groups in total. The molecule has 1 fully saturated rings. The number of carbonyl (C=O) groups is 1. The van der Waals surface area contributed by atoms with Crippen LogP contribution in [0.25, 0.3) is 0 Å². The van der Waals surface area contributed by atoms with Gasteiger partial charge in [-0.25, -0.2) is 8.42 Å². The molecular formula is C20H24N2O4S2. The molecule has 28 heavy (non-hydrogen) atoms. The maximum atomic E-state index is 12.9. The predicted molar refractivity (Wildman–Crippen MR) is 112 cm³/mol. The van der Waals surface area contributed by atoms with Gasteiger partial charge in [-0.15, -0.1) is 11.8 Å². The summed E-state index contributed by atoms with van der Waals surface area (Å²) < 4.78 is 32.4. The third kappa shape index (κ3) is 4.57. The van der Waals surface area contributed by atoms with Crippen molar-refractivity contribution in [3.8, 4) is 0 Å². The lowest BCUT2D eigenvalue weighted by Crippen LogP contribution is -2.40. The third-order valence-corrected chi connectivity index (χ3v) is 7.35. The fourth-order valence-electron chi connectivity index (χ4n) is 2.98. The molecule has 0 unspecified atom stereocenters. The number of para-hydroxylation sites is 1. The van der Waals surface area contributed by atoms with E-state index in [0.717, 1.165) is 21.9 Å². The lowest BCUT2D eigenvalue weighted by Gasteiger charge is -2.26. The summed E-state index contributed by atoms with van der Waals surface area (Å²) in [5.41, 5.74) is 1.80. The highest BCUT2D eigenvalue weighted by Gasteiger charge is 2.27. The molecule has 3 rings (SSSR count). The van der Waals surface area contributed by atoms with E-state index in [2.05, 4.69) is 5.32 Å². The second kappa shape index (κ2) is 9.09. The molecule has 0 spiro atoms. The fraction of sp³-hybridized carbons (Fsp3) is 0.350. The Morgan fingerprint density at radius 1 is 1.18 bits per heavy atom. The Morgan fingerprint density at radius 3 is 2.61 bits per heavy atom. The standard InChI is InChI=1S/C20H24N2O4S2/c1-3-27-19-7-5-4-6-18(19)21-20(23)17-14-16(9-8-15(17)2)28(24,25)22-10-12-26-13-11-22/h4-9,14H,3,10-13H2,1-2H3,(H,21,23). The lowest BCUT2D eigenvalue weighted by atomic mass is 10.1. The number of ether oxygens (including phenoxy) is 1. The van der Waals surface area contributed by atoms with E-state index in [0.29, 0.717) is 31.9 Å². The Balaban J connectivity index is 1.88. The Bertz CT molecular complexity index is 954. The predicted octanol–water partition coefficient (Wildman–Crippen LogP) is 3.38. The Morgan fingerprint density at radius 2 is 1.89 bits per heavy atom. The van der Waals surface area contributed by atoms with Crippen molar-refractivity contribution in [1.82, 2.24) is 4.31 Å². The minimum atomic E-state index is -3.66. The highest BCUT2D eigenvalue weighted by Crippen LogP contribution is 2.28. The molecule has 150 valence electrons. The Hall–Kier alpha value is -1.87. The van der Waals surface area contributed by atoms with Gasteiger partial charge in [0.05, 0.1) is 23.8 Å². The topological polar surface area (TPSA) is 75.7 Å². The molecule has 1 aliphatic rings. The number of nitrogens with zero attached hydrogens (tertiary/aromatic N) is 1. The van der Waals surface area contributed by atoms with Gasteiger partial charge >= 0.3 is 0 Å². The maximum Gasteiger partial charge on any atom is 0.256 e. The average Bonchev–Trinajstić information content (AvgIpc) is 2.70. The summed E-state index contributed by atoms with van der Waals surface area (Å²) in [6.07, 6.45) is 0. The fourth-order valence-corrected chi connectivity index (χ4v) is 5.18. The molecule has 0 bridgehead atoms. The number of rotatable bonds is 6. The minimum absolute atomic E-state index is 0.126. The normalized spacial score (nSPS) is 15.4. The molecule has 8 heteroatoms. The smallest absolute Gasteiger partial charge is 0.256 e. The Kier molecular flexibility index (Phi) is 6.77. The zero-order valence-electron chi connectivity index (χ0n) is 16.0. The number of hydrogen-bond acceptors (Lipinski definition) is 5. The molecule has 0 saturated carbocycles. The number of amides is 1. The number of hydrogen-bond donors (Lipinski definition) is 1. The van der Waals surface area contributed by atoms with Crippen molar-refractivity contribution in [3.63, 3.8) is 0 Å². The summed E-state index contributed by atoms with van der Waals surface area (Å²) in [5.74, 6) is 0.569. The van der Waals surface area contributed by atoms with Crippen LogP contribution in [0.4, 0.5) is 5.69 Å². The first-order valence-corrected chi connectivity index (χ1v) is 11.6. The van der Waals surface area contributed by atoms with E-state index in [9.17, 15) is 13.2 Å². The van der Waals surface area contributed by atoms with Crippen LogP contribution < -0.4 is 5.32 Å². The van der Waals surface area contributed by atoms with Gasteiger partial charge in [0.15, 0.2) is 0 Å². The first-order chi connectivity index (χ1) is 13.4. The summed E-state index contributed by atoms with van der Waals surface area (Å²) >= 11 is 1.64. The van der Waals surface area contributed by atoms with Gasteiger partial charge < -0.3 is 10.1 Å². The first kappa shape index (κ1) is 20.9. The zero-order chi connectivity index (χ0) is 20.1. The molecule has 0 radical (unpaired) electrons. The van der Waals surface area contributed by atoms with Crippen LogP contribution in [-0.4, -0.2) is 50.7 Å². The molecule has 2 aromatic carbocycles. The van der Waals surface area contributed by atoms with Gasteiger partial charge in [-0.1, -0.05) is 25.1 Å². The van der Waals surface area contributed by atoms with Crippen molar-refractivity contribution in [2.45, 2.75) is 23.6 Å². The molecule has 1 saturated heterocycles. The number of aryl methyl sites for hydroxylation is 1. The number of carbonyl (C=O) groups excluding carboxylic acids is 1. The van der Waals surface area contributed by atoms with E-state index in [4.69, 9.17) is 4.74 Å². The average molecular weight is 421 g/mol. The Labute approximate surface area is 170 Å². The number of sulfonamides is 1. The van der Waals surface area contributed by atoms with Gasteiger partial charge in [0.2, 0.25) is 10.0 Å². The molecule has 0 atom stereocenters. The molecular weight excluding hydrogens is 396 g/mol. The van der Waals surface area contributed by atoms with E-state index in [1.165, 1.54) is 10.4 Å². The zero-order valence-corrected chi connectivity index (χ0v) is 17.6. The number of morpholine rings is 1. The number of benzene rings is 2. The van der Waals surface area contributed by atoms with Crippen LogP contribution in [-0.2, 0) is 14.8 Å². The van der Waals surface area contributed by atoms with E-state index >= 15 is 0 Å². The van der Waals surface area contributed by atoms with E-state index < -0.39 is 10.0 Å². The van der Waals surface area contributed by atoms with Crippen LogP contribution in [0, 0.1) is 6.92 Å². The van der Waals surface area contributed by atoms with Crippen LogP contribution in [0.3, 0.4) is 0 Å². The van der Waals surface area contributed by atoms with Crippen molar-refractivity contribution < 1.29 is 17.9 Å². The lowest BCUT2D eigenvalue weighted by molar-refractivity contribution is 0.0730. The molecule has 2 aromatic rings. The molecule has 1 heterocycles. The van der Waals surface area contributed by atoms with Crippen LogP contribution in [0.15, 0.2) is 52.3 Å². The monoisotopic (exact) mass is 420 g/mol. The van der Waals surface area contributed by atoms with E-state index in [1.807, 2.05) is 31.2 Å². The minimum Gasteiger partial charge on any atom is -0.379 e. The number of nitrogens with one attached hydrogen (secondary N) is 1. The first-order valence-electron chi connectivity index (χ1n) is 9.15. The van der Waals surface area contributed by atoms with Gasteiger partial charge in [0.1, 0.15) is 0 Å². The maximum absolute atomic E-state index is 12.9. The van der Waals surface area contributed by atoms with Crippen molar-refractivity contribution >= 4 is 33.4 Å². The highest BCUT2D eigenvalue weighted by atomic mass is 32.2. The van der Waals surface area contributed by atoms with Gasteiger partial charge in [-0.2, -0.15) is 4.31 Å². The van der Waals surface area contributed by atoms with Gasteiger partial charge in [0, 0.05) is 23.5 Å².